The molecule has 1 heterocycles. The first-order valence-corrected chi connectivity index (χ1v) is 5.70. The van der Waals surface area contributed by atoms with Crippen molar-refractivity contribution in [3.8, 4) is 0 Å². The van der Waals surface area contributed by atoms with E-state index in [9.17, 15) is 4.79 Å². The van der Waals surface area contributed by atoms with Gasteiger partial charge in [0, 0.05) is 17.8 Å². The number of nitrogens with zero attached hydrogens (tertiary/aromatic N) is 2. The van der Waals surface area contributed by atoms with Gasteiger partial charge in [-0.15, -0.1) is 0 Å². The molecule has 4 heteroatoms. The average molecular weight is 224 g/mol. The lowest BCUT2D eigenvalue weighted by molar-refractivity contribution is -0.136. The second-order valence-corrected chi connectivity index (χ2v) is 4.42. The van der Waals surface area contributed by atoms with E-state index in [4.69, 9.17) is 5.11 Å². The van der Waals surface area contributed by atoms with Crippen LogP contribution in [0.4, 0.5) is 0 Å². The van der Waals surface area contributed by atoms with Crippen LogP contribution in [0.5, 0.6) is 0 Å². The maximum Gasteiger partial charge on any atom is 0.307 e. The van der Waals surface area contributed by atoms with Gasteiger partial charge in [0.1, 0.15) is 0 Å². The van der Waals surface area contributed by atoms with Crippen LogP contribution in [0.2, 0.25) is 0 Å². The van der Waals surface area contributed by atoms with Gasteiger partial charge in [-0.1, -0.05) is 20.3 Å². The van der Waals surface area contributed by atoms with E-state index in [0.717, 1.165) is 29.9 Å². The molecule has 0 fully saturated rings. The number of aryl methyl sites for hydroxylation is 1. The summed E-state index contributed by atoms with van der Waals surface area (Å²) in [5.74, 6) is -0.232. The molecule has 1 unspecified atom stereocenters. The maximum atomic E-state index is 10.7. The second kappa shape index (κ2) is 5.14. The van der Waals surface area contributed by atoms with Gasteiger partial charge < -0.3 is 5.11 Å². The Balaban J connectivity index is 2.92. The van der Waals surface area contributed by atoms with E-state index < -0.39 is 5.97 Å². The minimum absolute atomic E-state index is 0.0676. The van der Waals surface area contributed by atoms with Crippen LogP contribution in [0.3, 0.4) is 0 Å². The molecule has 4 nitrogen and oxygen atoms in total. The van der Waals surface area contributed by atoms with Crippen LogP contribution < -0.4 is 0 Å². The number of hydrogen-bond acceptors (Lipinski definition) is 2. The van der Waals surface area contributed by atoms with Crippen molar-refractivity contribution in [3.63, 3.8) is 0 Å². The fourth-order valence-corrected chi connectivity index (χ4v) is 1.74. The van der Waals surface area contributed by atoms with Crippen molar-refractivity contribution in [3.05, 3.63) is 17.0 Å². The number of carboxylic acids is 1. The molecule has 0 bridgehead atoms. The third kappa shape index (κ3) is 2.84. The molecular weight excluding hydrogens is 204 g/mol. The highest BCUT2D eigenvalue weighted by molar-refractivity contribution is 5.70. The standard InChI is InChI=1S/C12H20N2O2/c1-5-8(2)7-14-10(4)11(6-12(15)16)9(3)13-14/h8H,5-7H2,1-4H3,(H,15,16). The van der Waals surface area contributed by atoms with E-state index >= 15 is 0 Å². The van der Waals surface area contributed by atoms with Gasteiger partial charge in [-0.2, -0.15) is 5.10 Å². The number of hydrogen-bond donors (Lipinski definition) is 1. The smallest absolute Gasteiger partial charge is 0.307 e. The molecule has 0 saturated heterocycles. The Bertz CT molecular complexity index is 383. The van der Waals surface area contributed by atoms with E-state index in [0.29, 0.717) is 5.92 Å². The third-order valence-corrected chi connectivity index (χ3v) is 3.04. The molecule has 0 aliphatic heterocycles. The predicted molar refractivity (Wildman–Crippen MR) is 62.5 cm³/mol. The molecule has 1 atom stereocenters. The third-order valence-electron chi connectivity index (χ3n) is 3.04. The van der Waals surface area contributed by atoms with Gasteiger partial charge in [0.2, 0.25) is 0 Å². The first-order valence-electron chi connectivity index (χ1n) is 5.70. The number of carbonyl (C=O) groups is 1. The van der Waals surface area contributed by atoms with Crippen molar-refractivity contribution in [1.82, 2.24) is 9.78 Å². The quantitative estimate of drug-likeness (QED) is 0.834. The summed E-state index contributed by atoms with van der Waals surface area (Å²) >= 11 is 0. The Morgan fingerprint density at radius 1 is 1.50 bits per heavy atom. The molecule has 16 heavy (non-hydrogen) atoms. The van der Waals surface area contributed by atoms with Crippen molar-refractivity contribution in [2.75, 3.05) is 0 Å². The second-order valence-electron chi connectivity index (χ2n) is 4.42. The molecule has 1 rings (SSSR count). The Morgan fingerprint density at radius 3 is 2.62 bits per heavy atom. The van der Waals surface area contributed by atoms with Gasteiger partial charge >= 0.3 is 5.97 Å². The van der Waals surface area contributed by atoms with Gasteiger partial charge in [-0.3, -0.25) is 9.48 Å². The molecule has 0 aliphatic rings. The van der Waals surface area contributed by atoms with Crippen LogP contribution in [0.1, 0.15) is 37.2 Å². The molecule has 0 amide bonds. The number of aliphatic carboxylic acids is 1. The van der Waals surface area contributed by atoms with Crippen LogP contribution in [0.25, 0.3) is 0 Å². The zero-order valence-electron chi connectivity index (χ0n) is 10.4. The summed E-state index contributed by atoms with van der Waals surface area (Å²) in [5, 5.41) is 13.2. The van der Waals surface area contributed by atoms with Gasteiger partial charge in [0.25, 0.3) is 0 Å². The van der Waals surface area contributed by atoms with Crippen molar-refractivity contribution in [2.24, 2.45) is 5.92 Å². The van der Waals surface area contributed by atoms with E-state index in [1.165, 1.54) is 0 Å². The van der Waals surface area contributed by atoms with E-state index in [1.54, 1.807) is 0 Å². The molecule has 0 spiro atoms. The zero-order valence-corrected chi connectivity index (χ0v) is 10.4. The minimum Gasteiger partial charge on any atom is -0.481 e. The van der Waals surface area contributed by atoms with Crippen molar-refractivity contribution in [2.45, 2.75) is 47.1 Å². The van der Waals surface area contributed by atoms with Gasteiger partial charge in [0.15, 0.2) is 0 Å². The first kappa shape index (κ1) is 12.7. The number of rotatable bonds is 5. The first-order chi connectivity index (χ1) is 7.45. The molecule has 1 aromatic rings. The fourth-order valence-electron chi connectivity index (χ4n) is 1.74. The summed E-state index contributed by atoms with van der Waals surface area (Å²) in [6.07, 6.45) is 1.17. The van der Waals surface area contributed by atoms with Crippen molar-refractivity contribution in [1.29, 1.82) is 0 Å². The van der Waals surface area contributed by atoms with Gasteiger partial charge in [-0.25, -0.2) is 0 Å². The fraction of sp³-hybridized carbons (Fsp3) is 0.667. The van der Waals surface area contributed by atoms with Crippen molar-refractivity contribution >= 4 is 5.97 Å². The van der Waals surface area contributed by atoms with Crippen LogP contribution in [-0.4, -0.2) is 20.9 Å². The highest BCUT2D eigenvalue weighted by atomic mass is 16.4. The number of aromatic nitrogens is 2. The highest BCUT2D eigenvalue weighted by Crippen LogP contribution is 2.16. The van der Waals surface area contributed by atoms with Gasteiger partial charge in [0.05, 0.1) is 12.1 Å². The maximum absolute atomic E-state index is 10.7. The van der Waals surface area contributed by atoms with E-state index in [2.05, 4.69) is 18.9 Å². The van der Waals surface area contributed by atoms with E-state index in [1.807, 2.05) is 18.5 Å². The summed E-state index contributed by atoms with van der Waals surface area (Å²) in [4.78, 5) is 10.7. The molecule has 0 aromatic carbocycles. The summed E-state index contributed by atoms with van der Waals surface area (Å²) in [6.45, 7) is 9.00. The largest absolute Gasteiger partial charge is 0.481 e. The van der Waals surface area contributed by atoms with Crippen LogP contribution in [0, 0.1) is 19.8 Å². The average Bonchev–Trinajstić information content (AvgIpc) is 2.45. The zero-order chi connectivity index (χ0) is 12.3. The summed E-state index contributed by atoms with van der Waals surface area (Å²) in [6, 6.07) is 0. The summed E-state index contributed by atoms with van der Waals surface area (Å²) in [7, 11) is 0. The van der Waals surface area contributed by atoms with Gasteiger partial charge in [-0.05, 0) is 19.8 Å². The lowest BCUT2D eigenvalue weighted by atomic mass is 10.1. The Labute approximate surface area is 96.3 Å². The molecule has 0 radical (unpaired) electrons. The number of carboxylic acid groups (broad SMARTS) is 1. The SMILES string of the molecule is CCC(C)Cn1nc(C)c(CC(=O)O)c1C. The highest BCUT2D eigenvalue weighted by Gasteiger charge is 2.15. The minimum atomic E-state index is -0.797. The van der Waals surface area contributed by atoms with Crippen LogP contribution >= 0.6 is 0 Å². The Morgan fingerprint density at radius 2 is 2.12 bits per heavy atom. The van der Waals surface area contributed by atoms with Crippen LogP contribution in [-0.2, 0) is 17.8 Å². The predicted octanol–water partition coefficient (Wildman–Crippen LogP) is 2.17. The molecule has 90 valence electrons. The molecule has 0 aliphatic carbocycles. The Kier molecular flexibility index (Phi) is 4.10. The van der Waals surface area contributed by atoms with E-state index in [-0.39, 0.29) is 6.42 Å². The molecule has 0 saturated carbocycles. The topological polar surface area (TPSA) is 55.1 Å². The van der Waals surface area contributed by atoms with Crippen molar-refractivity contribution < 1.29 is 9.90 Å². The summed E-state index contributed by atoms with van der Waals surface area (Å²) < 4.78 is 1.93. The summed E-state index contributed by atoms with van der Waals surface area (Å²) in [5.41, 5.74) is 2.68. The Hall–Kier alpha value is -1.32. The van der Waals surface area contributed by atoms with Crippen LogP contribution in [0.15, 0.2) is 0 Å². The molecular formula is C12H20N2O2. The lowest BCUT2D eigenvalue weighted by Crippen LogP contribution is -2.10. The molecule has 1 aromatic heterocycles. The lowest BCUT2D eigenvalue weighted by Gasteiger charge is -2.10. The normalized spacial score (nSPS) is 12.8. The monoisotopic (exact) mass is 224 g/mol. The molecule has 1 N–H and O–H groups in total.